The normalized spacial score (nSPS) is 31.2. The molecule has 0 aromatic carbocycles. The largest absolute Gasteiger partial charge is 0.463 e. The fourth-order valence-electron chi connectivity index (χ4n) is 0.382. The molecule has 0 fully saturated rings. The smallest absolute Gasteiger partial charge is 0.306 e. The summed E-state index contributed by atoms with van der Waals surface area (Å²) in [5.74, 6) is -2.31. The first-order valence-corrected chi connectivity index (χ1v) is 2.12. The maximum atomic E-state index is 9.87. The summed E-state index contributed by atoms with van der Waals surface area (Å²) >= 11 is 0. The fourth-order valence-corrected chi connectivity index (χ4v) is 0.382. The second kappa shape index (κ2) is 1.59. The number of nitrogens with zero attached hydrogens (tertiary/aromatic N) is 3. The maximum Gasteiger partial charge on any atom is 0.463 e. The van der Waals surface area contributed by atoms with E-state index in [-0.39, 0.29) is 0 Å². The molecule has 1 heterocycles. The maximum absolute atomic E-state index is 9.87. The minimum Gasteiger partial charge on any atom is -0.306 e. The third kappa shape index (κ3) is 0.789. The standard InChI is InChI=1S/C3H3N3O3/c7-3(6(8)9)1-2-4-5-3/h1-2,7H. The van der Waals surface area contributed by atoms with Crippen LogP contribution >= 0.6 is 0 Å². The van der Waals surface area contributed by atoms with Gasteiger partial charge in [-0.3, -0.25) is 10.1 Å². The summed E-state index contributed by atoms with van der Waals surface area (Å²) in [6, 6.07) is 0. The van der Waals surface area contributed by atoms with Gasteiger partial charge in [-0.1, -0.05) is 5.11 Å². The van der Waals surface area contributed by atoms with Crippen molar-refractivity contribution in [3.63, 3.8) is 0 Å². The van der Waals surface area contributed by atoms with Crippen LogP contribution in [-0.2, 0) is 0 Å². The lowest BCUT2D eigenvalue weighted by Crippen LogP contribution is -2.31. The molecule has 48 valence electrons. The van der Waals surface area contributed by atoms with Crippen LogP contribution in [0.3, 0.4) is 0 Å². The van der Waals surface area contributed by atoms with Gasteiger partial charge in [0.2, 0.25) is 0 Å². The van der Waals surface area contributed by atoms with Gasteiger partial charge in [0.25, 0.3) is 0 Å². The molecule has 0 bridgehead atoms. The predicted octanol–water partition coefficient (Wildman–Crippen LogP) is -0.111. The van der Waals surface area contributed by atoms with Crippen molar-refractivity contribution in [2.75, 3.05) is 0 Å². The van der Waals surface area contributed by atoms with Gasteiger partial charge in [0.15, 0.2) is 0 Å². The Morgan fingerprint density at radius 2 is 2.44 bits per heavy atom. The molecule has 1 rings (SSSR count). The Hall–Kier alpha value is -1.30. The molecule has 0 saturated heterocycles. The van der Waals surface area contributed by atoms with Gasteiger partial charge in [-0.25, -0.2) is 0 Å². The van der Waals surface area contributed by atoms with Crippen molar-refractivity contribution < 1.29 is 10.0 Å². The highest BCUT2D eigenvalue weighted by molar-refractivity contribution is 4.95. The summed E-state index contributed by atoms with van der Waals surface area (Å²) in [5.41, 5.74) is 0. The summed E-state index contributed by atoms with van der Waals surface area (Å²) in [7, 11) is 0. The van der Waals surface area contributed by atoms with Gasteiger partial charge in [0.1, 0.15) is 0 Å². The zero-order valence-corrected chi connectivity index (χ0v) is 4.26. The van der Waals surface area contributed by atoms with Gasteiger partial charge in [0, 0.05) is 0 Å². The molecule has 1 aliphatic heterocycles. The number of hydrogen-bond donors (Lipinski definition) is 1. The fraction of sp³-hybridized carbons (Fsp3) is 0.333. The first kappa shape index (κ1) is 5.83. The van der Waals surface area contributed by atoms with E-state index in [1.165, 1.54) is 0 Å². The monoisotopic (exact) mass is 129 g/mol. The number of aliphatic hydroxyl groups is 1. The highest BCUT2D eigenvalue weighted by Gasteiger charge is 2.39. The molecule has 0 aromatic heterocycles. The van der Waals surface area contributed by atoms with E-state index in [1.807, 2.05) is 0 Å². The first-order valence-electron chi connectivity index (χ1n) is 2.12. The van der Waals surface area contributed by atoms with Crippen LogP contribution in [-0.4, -0.2) is 15.9 Å². The molecule has 0 amide bonds. The van der Waals surface area contributed by atoms with Crippen molar-refractivity contribution >= 4 is 0 Å². The molecule has 6 nitrogen and oxygen atoms in total. The van der Waals surface area contributed by atoms with E-state index < -0.39 is 10.8 Å². The van der Waals surface area contributed by atoms with Crippen molar-refractivity contribution in [2.24, 2.45) is 10.2 Å². The Balaban J connectivity index is 2.88. The molecule has 1 atom stereocenters. The van der Waals surface area contributed by atoms with Crippen LogP contribution in [0.4, 0.5) is 0 Å². The van der Waals surface area contributed by atoms with Crippen LogP contribution in [0.1, 0.15) is 0 Å². The van der Waals surface area contributed by atoms with Crippen LogP contribution in [0, 0.1) is 10.1 Å². The van der Waals surface area contributed by atoms with E-state index >= 15 is 0 Å². The Kier molecular flexibility index (Phi) is 1.03. The number of nitro groups is 1. The lowest BCUT2D eigenvalue weighted by molar-refractivity contribution is -0.605. The number of azo groups is 1. The molecule has 0 radical (unpaired) electrons. The van der Waals surface area contributed by atoms with E-state index in [0.29, 0.717) is 0 Å². The topological polar surface area (TPSA) is 88.1 Å². The van der Waals surface area contributed by atoms with Crippen LogP contribution in [0.5, 0.6) is 0 Å². The summed E-state index contributed by atoms with van der Waals surface area (Å²) in [5, 5.41) is 24.6. The van der Waals surface area contributed by atoms with Crippen molar-refractivity contribution in [3.05, 3.63) is 22.4 Å². The van der Waals surface area contributed by atoms with Crippen molar-refractivity contribution in [2.45, 2.75) is 5.85 Å². The Morgan fingerprint density at radius 3 is 2.67 bits per heavy atom. The highest BCUT2D eigenvalue weighted by Crippen LogP contribution is 2.15. The molecule has 0 spiro atoms. The van der Waals surface area contributed by atoms with Crippen molar-refractivity contribution in [1.82, 2.24) is 0 Å². The molecule has 6 heteroatoms. The van der Waals surface area contributed by atoms with E-state index in [9.17, 15) is 10.1 Å². The minimum atomic E-state index is -2.31. The van der Waals surface area contributed by atoms with Gasteiger partial charge in [-0.2, -0.15) is 5.11 Å². The lowest BCUT2D eigenvalue weighted by atomic mass is 10.4. The van der Waals surface area contributed by atoms with E-state index in [2.05, 4.69) is 10.2 Å². The third-order valence-corrected chi connectivity index (χ3v) is 0.838. The number of hydrogen-bond acceptors (Lipinski definition) is 5. The average Bonchev–Trinajstić information content (AvgIpc) is 2.16. The molecule has 9 heavy (non-hydrogen) atoms. The van der Waals surface area contributed by atoms with Crippen LogP contribution in [0.25, 0.3) is 0 Å². The van der Waals surface area contributed by atoms with E-state index in [0.717, 1.165) is 12.3 Å². The van der Waals surface area contributed by atoms with Crippen LogP contribution < -0.4 is 0 Å². The second-order valence-corrected chi connectivity index (χ2v) is 1.48. The molecule has 1 N–H and O–H groups in total. The SMILES string of the molecule is O=[N+]([O-])C1(O)C=CN=N1. The molecule has 0 aliphatic carbocycles. The molecular weight excluding hydrogens is 126 g/mol. The zero-order chi connectivity index (χ0) is 6.91. The predicted molar refractivity (Wildman–Crippen MR) is 25.9 cm³/mol. The molecule has 0 saturated carbocycles. The Labute approximate surface area is 49.7 Å². The van der Waals surface area contributed by atoms with Gasteiger partial charge in [-0.15, -0.1) is 0 Å². The zero-order valence-electron chi connectivity index (χ0n) is 4.26. The van der Waals surface area contributed by atoms with Crippen molar-refractivity contribution in [1.29, 1.82) is 0 Å². The third-order valence-electron chi connectivity index (χ3n) is 0.838. The molecule has 1 aliphatic rings. The Bertz CT molecular complexity index is 184. The summed E-state index contributed by atoms with van der Waals surface area (Å²) in [6.07, 6.45) is 1.97. The second-order valence-electron chi connectivity index (χ2n) is 1.48. The number of rotatable bonds is 1. The van der Waals surface area contributed by atoms with Crippen LogP contribution in [0.2, 0.25) is 0 Å². The van der Waals surface area contributed by atoms with Gasteiger partial charge in [0.05, 0.1) is 17.2 Å². The van der Waals surface area contributed by atoms with Crippen LogP contribution in [0.15, 0.2) is 22.5 Å². The molecule has 0 aromatic rings. The highest BCUT2D eigenvalue weighted by atomic mass is 16.7. The Morgan fingerprint density at radius 1 is 1.78 bits per heavy atom. The minimum absolute atomic E-state index is 0.896. The van der Waals surface area contributed by atoms with Gasteiger partial charge in [-0.05, 0) is 0 Å². The first-order chi connectivity index (χ1) is 4.15. The van der Waals surface area contributed by atoms with Gasteiger partial charge >= 0.3 is 5.85 Å². The average molecular weight is 129 g/mol. The van der Waals surface area contributed by atoms with Gasteiger partial charge < -0.3 is 5.11 Å². The lowest BCUT2D eigenvalue weighted by Gasteiger charge is -2.01. The molecular formula is C3H3N3O3. The summed E-state index contributed by atoms with van der Waals surface area (Å²) in [6.45, 7) is 0. The van der Waals surface area contributed by atoms with E-state index in [1.54, 1.807) is 0 Å². The van der Waals surface area contributed by atoms with E-state index in [4.69, 9.17) is 5.11 Å². The summed E-state index contributed by atoms with van der Waals surface area (Å²) in [4.78, 5) is 8.94. The van der Waals surface area contributed by atoms with Crippen molar-refractivity contribution in [3.8, 4) is 0 Å². The summed E-state index contributed by atoms with van der Waals surface area (Å²) < 4.78 is 0. The molecule has 1 unspecified atom stereocenters. The quantitative estimate of drug-likeness (QED) is 0.304.